The minimum absolute atomic E-state index is 0.0210. The molecule has 0 atom stereocenters. The summed E-state index contributed by atoms with van der Waals surface area (Å²) in [6, 6.07) is 0.419. The van der Waals surface area contributed by atoms with Gasteiger partial charge in [-0.1, -0.05) is 0 Å². The molecular formula is C26H48N4O2. The molecule has 0 radical (unpaired) electrons. The lowest BCUT2D eigenvalue weighted by atomic mass is 9.77. The Morgan fingerprint density at radius 3 is 1.06 bits per heavy atom. The average molecular weight is 449 g/mol. The van der Waals surface area contributed by atoms with Crippen LogP contribution in [0, 0.1) is 11.8 Å². The normalized spacial score (nSPS) is 32.1. The zero-order valence-electron chi connectivity index (χ0n) is 21.8. The maximum atomic E-state index is 13.0. The fraction of sp³-hybridized carbons (Fsp3) is 0.923. The van der Waals surface area contributed by atoms with E-state index < -0.39 is 0 Å². The third-order valence-corrected chi connectivity index (χ3v) is 7.54. The van der Waals surface area contributed by atoms with E-state index in [1.807, 2.05) is 0 Å². The summed E-state index contributed by atoms with van der Waals surface area (Å²) in [6.07, 6.45) is 7.03. The summed E-state index contributed by atoms with van der Waals surface area (Å²) in [6.45, 7) is 17.7. The number of hydrogen-bond acceptors (Lipinski definition) is 4. The second kappa shape index (κ2) is 8.90. The summed E-state index contributed by atoms with van der Waals surface area (Å²) in [5, 5.41) is 14.0. The minimum atomic E-state index is 0.0210. The number of hydrogen-bond donors (Lipinski definition) is 4. The molecule has 2 saturated heterocycles. The molecule has 3 aliphatic rings. The van der Waals surface area contributed by atoms with Gasteiger partial charge in [-0.25, -0.2) is 0 Å². The Morgan fingerprint density at radius 1 is 0.562 bits per heavy atom. The van der Waals surface area contributed by atoms with Gasteiger partial charge in [0.1, 0.15) is 0 Å². The quantitative estimate of drug-likeness (QED) is 0.529. The van der Waals surface area contributed by atoms with Gasteiger partial charge in [-0.15, -0.1) is 0 Å². The van der Waals surface area contributed by atoms with Gasteiger partial charge >= 0.3 is 0 Å². The number of carbonyl (C=O) groups excluding carboxylic acids is 2. The molecule has 0 aromatic carbocycles. The van der Waals surface area contributed by atoms with Crippen molar-refractivity contribution >= 4 is 11.8 Å². The molecule has 1 saturated carbocycles. The Bertz CT molecular complexity index is 613. The molecule has 184 valence electrons. The molecule has 2 heterocycles. The monoisotopic (exact) mass is 448 g/mol. The number of rotatable bonds is 4. The van der Waals surface area contributed by atoms with Crippen molar-refractivity contribution in [1.82, 2.24) is 21.3 Å². The largest absolute Gasteiger partial charge is 0.353 e. The number of piperidine rings is 2. The van der Waals surface area contributed by atoms with Crippen molar-refractivity contribution < 1.29 is 9.59 Å². The highest BCUT2D eigenvalue weighted by atomic mass is 16.2. The van der Waals surface area contributed by atoms with Crippen molar-refractivity contribution in [2.75, 3.05) is 0 Å². The SMILES string of the molecule is CC1(C)CC(NC(=O)C2CCC(C(=O)NC3CC(C)(C)NC(C)(C)C3)CC2)CC(C)(C)N1. The van der Waals surface area contributed by atoms with Crippen LogP contribution in [-0.4, -0.2) is 46.1 Å². The molecule has 2 amide bonds. The Labute approximate surface area is 195 Å². The van der Waals surface area contributed by atoms with E-state index in [9.17, 15) is 9.59 Å². The second-order valence-electron chi connectivity index (χ2n) is 13.6. The lowest BCUT2D eigenvalue weighted by molar-refractivity contribution is -0.132. The fourth-order valence-electron chi connectivity index (χ4n) is 7.10. The van der Waals surface area contributed by atoms with E-state index in [0.29, 0.717) is 0 Å². The Kier molecular flexibility index (Phi) is 7.09. The molecule has 2 aliphatic heterocycles. The summed E-state index contributed by atoms with van der Waals surface area (Å²) >= 11 is 0. The summed E-state index contributed by atoms with van der Waals surface area (Å²) in [5.74, 6) is 0.447. The molecule has 4 N–H and O–H groups in total. The highest BCUT2D eigenvalue weighted by Crippen LogP contribution is 2.33. The van der Waals surface area contributed by atoms with Gasteiger partial charge in [0, 0.05) is 46.1 Å². The summed E-state index contributed by atoms with van der Waals surface area (Å²) in [7, 11) is 0. The van der Waals surface area contributed by atoms with Crippen LogP contribution in [0.4, 0.5) is 0 Å². The van der Waals surface area contributed by atoms with E-state index in [2.05, 4.69) is 76.7 Å². The first-order valence-corrected chi connectivity index (χ1v) is 12.7. The molecule has 0 aromatic heterocycles. The first kappa shape index (κ1) is 25.5. The Balaban J connectivity index is 1.47. The highest BCUT2D eigenvalue weighted by Gasteiger charge is 2.41. The number of nitrogens with one attached hydrogen (secondary N) is 4. The van der Waals surface area contributed by atoms with Crippen molar-refractivity contribution in [3.05, 3.63) is 0 Å². The molecule has 1 aliphatic carbocycles. The van der Waals surface area contributed by atoms with Crippen LogP contribution in [0.2, 0.25) is 0 Å². The van der Waals surface area contributed by atoms with Gasteiger partial charge in [-0.2, -0.15) is 0 Å². The molecular weight excluding hydrogens is 400 g/mol. The van der Waals surface area contributed by atoms with Crippen molar-refractivity contribution in [2.45, 2.75) is 141 Å². The summed E-state index contributed by atoms with van der Waals surface area (Å²) in [4.78, 5) is 26.0. The first-order valence-electron chi connectivity index (χ1n) is 12.7. The smallest absolute Gasteiger partial charge is 0.223 e. The van der Waals surface area contributed by atoms with Crippen LogP contribution >= 0.6 is 0 Å². The van der Waals surface area contributed by atoms with Crippen LogP contribution in [-0.2, 0) is 9.59 Å². The third kappa shape index (κ3) is 6.93. The fourth-order valence-corrected chi connectivity index (χ4v) is 7.10. The van der Waals surface area contributed by atoms with Crippen LogP contribution in [0.3, 0.4) is 0 Å². The molecule has 3 rings (SSSR count). The minimum Gasteiger partial charge on any atom is -0.353 e. The third-order valence-electron chi connectivity index (χ3n) is 7.54. The molecule has 3 fully saturated rings. The number of amides is 2. The maximum Gasteiger partial charge on any atom is 0.223 e. The molecule has 0 spiro atoms. The van der Waals surface area contributed by atoms with Crippen LogP contribution in [0.5, 0.6) is 0 Å². The van der Waals surface area contributed by atoms with E-state index >= 15 is 0 Å². The van der Waals surface area contributed by atoms with Gasteiger partial charge in [-0.3, -0.25) is 9.59 Å². The molecule has 0 bridgehead atoms. The molecule has 0 aromatic rings. The standard InChI is InChI=1S/C26H48N4O2/c1-23(2)13-19(14-24(3,4)29-23)27-21(31)17-9-11-18(12-10-17)22(32)28-20-15-25(5,6)30-26(7,8)16-20/h17-20,29-30H,9-16H2,1-8H3,(H,27,31)(H,28,32). The van der Waals surface area contributed by atoms with Crippen molar-refractivity contribution in [2.24, 2.45) is 11.8 Å². The van der Waals surface area contributed by atoms with Crippen molar-refractivity contribution in [1.29, 1.82) is 0 Å². The van der Waals surface area contributed by atoms with E-state index in [0.717, 1.165) is 51.4 Å². The lowest BCUT2D eigenvalue weighted by Gasteiger charge is -2.47. The predicted octanol–water partition coefficient (Wildman–Crippen LogP) is 3.64. The predicted molar refractivity (Wildman–Crippen MR) is 130 cm³/mol. The van der Waals surface area contributed by atoms with Crippen molar-refractivity contribution in [3.63, 3.8) is 0 Å². The summed E-state index contributed by atoms with van der Waals surface area (Å²) in [5.41, 5.74) is 0.0842. The highest BCUT2D eigenvalue weighted by molar-refractivity contribution is 5.81. The van der Waals surface area contributed by atoms with Gasteiger partial charge in [0.15, 0.2) is 0 Å². The topological polar surface area (TPSA) is 82.3 Å². The first-order chi connectivity index (χ1) is 14.5. The van der Waals surface area contributed by atoms with Gasteiger partial charge in [-0.05, 0) is 107 Å². The maximum absolute atomic E-state index is 13.0. The second-order valence-corrected chi connectivity index (χ2v) is 13.6. The van der Waals surface area contributed by atoms with Crippen LogP contribution in [0.1, 0.15) is 107 Å². The van der Waals surface area contributed by atoms with E-state index in [-0.39, 0.29) is 57.9 Å². The van der Waals surface area contributed by atoms with Gasteiger partial charge in [0.05, 0.1) is 0 Å². The zero-order chi connectivity index (χ0) is 23.9. The average Bonchev–Trinajstić information content (AvgIpc) is 2.56. The molecule has 0 unspecified atom stereocenters. The Morgan fingerprint density at radius 2 is 0.812 bits per heavy atom. The van der Waals surface area contributed by atoms with Gasteiger partial charge in [0.25, 0.3) is 0 Å². The molecule has 32 heavy (non-hydrogen) atoms. The van der Waals surface area contributed by atoms with Crippen LogP contribution in [0.15, 0.2) is 0 Å². The van der Waals surface area contributed by atoms with Crippen LogP contribution in [0.25, 0.3) is 0 Å². The van der Waals surface area contributed by atoms with E-state index in [1.54, 1.807) is 0 Å². The molecule has 6 heteroatoms. The van der Waals surface area contributed by atoms with Crippen molar-refractivity contribution in [3.8, 4) is 0 Å². The molecule has 6 nitrogen and oxygen atoms in total. The summed E-state index contributed by atoms with van der Waals surface area (Å²) < 4.78 is 0. The van der Waals surface area contributed by atoms with E-state index in [4.69, 9.17) is 0 Å². The van der Waals surface area contributed by atoms with Gasteiger partial charge < -0.3 is 21.3 Å². The lowest BCUT2D eigenvalue weighted by Crippen LogP contribution is -2.62. The zero-order valence-corrected chi connectivity index (χ0v) is 21.8. The van der Waals surface area contributed by atoms with Crippen LogP contribution < -0.4 is 21.3 Å². The van der Waals surface area contributed by atoms with E-state index in [1.165, 1.54) is 0 Å². The number of carbonyl (C=O) groups is 2. The Hall–Kier alpha value is -1.14. The van der Waals surface area contributed by atoms with Gasteiger partial charge in [0.2, 0.25) is 11.8 Å².